The Kier molecular flexibility index (Phi) is 4.59. The second-order valence-corrected chi connectivity index (χ2v) is 5.81. The van der Waals surface area contributed by atoms with Crippen LogP contribution >= 0.6 is 0 Å². The summed E-state index contributed by atoms with van der Waals surface area (Å²) >= 11 is 0. The molecule has 1 aromatic carbocycles. The van der Waals surface area contributed by atoms with Crippen LogP contribution in [-0.2, 0) is 4.79 Å². The van der Waals surface area contributed by atoms with Gasteiger partial charge in [-0.05, 0) is 37.3 Å². The van der Waals surface area contributed by atoms with Gasteiger partial charge in [0.2, 0.25) is 5.91 Å². The molecule has 3 nitrogen and oxygen atoms in total. The fourth-order valence-electron chi connectivity index (χ4n) is 2.57. The Morgan fingerprint density at radius 1 is 1.32 bits per heavy atom. The molecule has 2 atom stereocenters. The molecule has 2 N–H and O–H groups in total. The van der Waals surface area contributed by atoms with Crippen molar-refractivity contribution in [3.63, 3.8) is 0 Å². The second-order valence-electron chi connectivity index (χ2n) is 5.81. The highest BCUT2D eigenvalue weighted by Crippen LogP contribution is 2.25. The Morgan fingerprint density at radius 2 is 2.05 bits per heavy atom. The lowest BCUT2D eigenvalue weighted by Crippen LogP contribution is -2.41. The number of hydrogen-bond acceptors (Lipinski definition) is 2. The van der Waals surface area contributed by atoms with Crippen molar-refractivity contribution in [2.24, 2.45) is 5.92 Å². The zero-order chi connectivity index (χ0) is 13.8. The number of nitrogens with one attached hydrogen (secondary N) is 2. The Balaban J connectivity index is 2.03. The van der Waals surface area contributed by atoms with E-state index in [4.69, 9.17) is 0 Å². The van der Waals surface area contributed by atoms with Crippen molar-refractivity contribution in [1.82, 2.24) is 5.32 Å². The van der Waals surface area contributed by atoms with Gasteiger partial charge >= 0.3 is 0 Å². The average Bonchev–Trinajstić information content (AvgIpc) is 2.39. The highest BCUT2D eigenvalue weighted by molar-refractivity contribution is 5.93. The minimum Gasteiger partial charge on any atom is -0.326 e. The normalized spacial score (nSPS) is 23.4. The van der Waals surface area contributed by atoms with E-state index in [0.29, 0.717) is 12.0 Å². The maximum Gasteiger partial charge on any atom is 0.228 e. The molecular formula is C16H24N2O. The highest BCUT2D eigenvalue weighted by Gasteiger charge is 2.24. The summed E-state index contributed by atoms with van der Waals surface area (Å²) in [6, 6.07) is 8.61. The van der Waals surface area contributed by atoms with Crippen LogP contribution in [0.15, 0.2) is 24.3 Å². The molecule has 0 bridgehead atoms. The molecule has 2 rings (SSSR count). The van der Waals surface area contributed by atoms with E-state index in [1.807, 2.05) is 18.2 Å². The Morgan fingerprint density at radius 3 is 2.68 bits per heavy atom. The standard InChI is InChI=1S/C16H24N2O/c1-11(2)14-6-4-5-7-15(14)18-16(19)13-9-8-12(3)17-10-13/h4-7,11-13,17H,8-10H2,1-3H3,(H,18,19). The summed E-state index contributed by atoms with van der Waals surface area (Å²) in [5.74, 6) is 0.657. The molecule has 2 unspecified atom stereocenters. The van der Waals surface area contributed by atoms with Crippen molar-refractivity contribution in [3.05, 3.63) is 29.8 Å². The van der Waals surface area contributed by atoms with Crippen LogP contribution in [0.25, 0.3) is 0 Å². The van der Waals surface area contributed by atoms with Crippen molar-refractivity contribution < 1.29 is 4.79 Å². The van der Waals surface area contributed by atoms with E-state index in [0.717, 1.165) is 25.1 Å². The Bertz CT molecular complexity index is 434. The number of para-hydroxylation sites is 1. The Hall–Kier alpha value is -1.35. The van der Waals surface area contributed by atoms with E-state index in [2.05, 4.69) is 37.5 Å². The molecule has 0 spiro atoms. The predicted octanol–water partition coefficient (Wildman–Crippen LogP) is 3.14. The molecule has 0 aromatic heterocycles. The maximum atomic E-state index is 12.3. The lowest BCUT2D eigenvalue weighted by atomic mass is 9.94. The van der Waals surface area contributed by atoms with Crippen LogP contribution in [0.4, 0.5) is 5.69 Å². The van der Waals surface area contributed by atoms with Crippen LogP contribution in [0.2, 0.25) is 0 Å². The summed E-state index contributed by atoms with van der Waals surface area (Å²) in [7, 11) is 0. The van der Waals surface area contributed by atoms with Crippen molar-refractivity contribution in [3.8, 4) is 0 Å². The van der Waals surface area contributed by atoms with E-state index in [1.165, 1.54) is 5.56 Å². The lowest BCUT2D eigenvalue weighted by molar-refractivity contribution is -0.120. The molecule has 1 aliphatic heterocycles. The fraction of sp³-hybridized carbons (Fsp3) is 0.562. The molecule has 0 radical (unpaired) electrons. The third-order valence-electron chi connectivity index (χ3n) is 3.87. The van der Waals surface area contributed by atoms with Gasteiger partial charge in [-0.2, -0.15) is 0 Å². The van der Waals surface area contributed by atoms with Gasteiger partial charge in [0.15, 0.2) is 0 Å². The highest BCUT2D eigenvalue weighted by atomic mass is 16.1. The van der Waals surface area contributed by atoms with Crippen molar-refractivity contribution >= 4 is 11.6 Å². The van der Waals surface area contributed by atoms with Gasteiger partial charge in [-0.15, -0.1) is 0 Å². The molecule has 3 heteroatoms. The first kappa shape index (κ1) is 14.1. The summed E-state index contributed by atoms with van der Waals surface area (Å²) in [5, 5.41) is 6.47. The zero-order valence-electron chi connectivity index (χ0n) is 12.1. The maximum absolute atomic E-state index is 12.3. The summed E-state index contributed by atoms with van der Waals surface area (Å²) in [5.41, 5.74) is 2.16. The number of hydrogen-bond donors (Lipinski definition) is 2. The van der Waals surface area contributed by atoms with E-state index >= 15 is 0 Å². The van der Waals surface area contributed by atoms with E-state index in [9.17, 15) is 4.79 Å². The van der Waals surface area contributed by atoms with Gasteiger partial charge in [0.05, 0.1) is 5.92 Å². The average molecular weight is 260 g/mol. The summed E-state index contributed by atoms with van der Waals surface area (Å²) in [4.78, 5) is 12.3. The van der Waals surface area contributed by atoms with E-state index < -0.39 is 0 Å². The largest absolute Gasteiger partial charge is 0.326 e. The number of benzene rings is 1. The number of carbonyl (C=O) groups is 1. The fourth-order valence-corrected chi connectivity index (χ4v) is 2.57. The SMILES string of the molecule is CC1CCC(C(=O)Nc2ccccc2C(C)C)CN1. The molecule has 1 amide bonds. The van der Waals surface area contributed by atoms with Crippen LogP contribution < -0.4 is 10.6 Å². The molecule has 1 aromatic rings. The number of anilines is 1. The van der Waals surface area contributed by atoms with Gasteiger partial charge in [-0.3, -0.25) is 4.79 Å². The molecule has 1 aliphatic rings. The summed E-state index contributed by atoms with van der Waals surface area (Å²) in [6.45, 7) is 7.25. The molecule has 1 saturated heterocycles. The molecule has 19 heavy (non-hydrogen) atoms. The predicted molar refractivity (Wildman–Crippen MR) is 79.3 cm³/mol. The van der Waals surface area contributed by atoms with Crippen molar-refractivity contribution in [2.75, 3.05) is 11.9 Å². The van der Waals surface area contributed by atoms with Gasteiger partial charge in [0.25, 0.3) is 0 Å². The topological polar surface area (TPSA) is 41.1 Å². The molecule has 104 valence electrons. The third-order valence-corrected chi connectivity index (χ3v) is 3.87. The summed E-state index contributed by atoms with van der Waals surface area (Å²) in [6.07, 6.45) is 2.05. The summed E-state index contributed by atoms with van der Waals surface area (Å²) < 4.78 is 0. The number of carbonyl (C=O) groups excluding carboxylic acids is 1. The van der Waals surface area contributed by atoms with Gasteiger partial charge in [-0.25, -0.2) is 0 Å². The smallest absolute Gasteiger partial charge is 0.228 e. The molecule has 1 heterocycles. The number of piperidine rings is 1. The number of rotatable bonds is 3. The van der Waals surface area contributed by atoms with E-state index in [1.54, 1.807) is 0 Å². The van der Waals surface area contributed by atoms with Crippen molar-refractivity contribution in [1.29, 1.82) is 0 Å². The minimum absolute atomic E-state index is 0.0939. The second kappa shape index (κ2) is 6.20. The third kappa shape index (κ3) is 3.57. The van der Waals surface area contributed by atoms with Gasteiger partial charge in [0, 0.05) is 18.3 Å². The van der Waals surface area contributed by atoms with Gasteiger partial charge < -0.3 is 10.6 Å². The zero-order valence-corrected chi connectivity index (χ0v) is 12.1. The first-order valence-corrected chi connectivity index (χ1v) is 7.21. The quantitative estimate of drug-likeness (QED) is 0.876. The van der Waals surface area contributed by atoms with Gasteiger partial charge in [-0.1, -0.05) is 32.0 Å². The molecule has 0 saturated carbocycles. The minimum atomic E-state index is 0.0939. The first-order valence-electron chi connectivity index (χ1n) is 7.21. The monoisotopic (exact) mass is 260 g/mol. The van der Waals surface area contributed by atoms with Gasteiger partial charge in [0.1, 0.15) is 0 Å². The molecule has 1 fully saturated rings. The van der Waals surface area contributed by atoms with Crippen LogP contribution in [0.1, 0.15) is 45.1 Å². The van der Waals surface area contributed by atoms with Crippen LogP contribution in [0.5, 0.6) is 0 Å². The van der Waals surface area contributed by atoms with Crippen molar-refractivity contribution in [2.45, 2.75) is 45.6 Å². The van der Waals surface area contributed by atoms with Crippen LogP contribution in [0, 0.1) is 5.92 Å². The molecule has 0 aliphatic carbocycles. The Labute approximate surface area is 115 Å². The van der Waals surface area contributed by atoms with E-state index in [-0.39, 0.29) is 11.8 Å². The van der Waals surface area contributed by atoms with Crippen LogP contribution in [0.3, 0.4) is 0 Å². The lowest BCUT2D eigenvalue weighted by Gasteiger charge is -2.27. The molecular weight excluding hydrogens is 236 g/mol. The van der Waals surface area contributed by atoms with Crippen LogP contribution in [-0.4, -0.2) is 18.5 Å². The number of amides is 1. The first-order chi connectivity index (χ1) is 9.08.